The number of hydrogen-bond donors (Lipinski definition) is 1. The van der Waals surface area contributed by atoms with Crippen molar-refractivity contribution in [1.29, 1.82) is 0 Å². The predicted octanol–water partition coefficient (Wildman–Crippen LogP) is 4.29. The van der Waals surface area contributed by atoms with Crippen LogP contribution in [0, 0.1) is 0 Å². The first-order chi connectivity index (χ1) is 13.5. The molecule has 0 fully saturated rings. The zero-order chi connectivity index (χ0) is 20.1. The van der Waals surface area contributed by atoms with Gasteiger partial charge in [0.1, 0.15) is 0 Å². The largest absolute Gasteiger partial charge is 0.369 e. The second-order valence-corrected chi connectivity index (χ2v) is 8.41. The summed E-state index contributed by atoms with van der Waals surface area (Å²) in [5.41, 5.74) is 3.15. The Morgan fingerprint density at radius 2 is 1.93 bits per heavy atom. The summed E-state index contributed by atoms with van der Waals surface area (Å²) in [5, 5.41) is 4.98. The Balaban J connectivity index is 1.47. The van der Waals surface area contributed by atoms with Crippen LogP contribution in [0.2, 0.25) is 0 Å². The fraction of sp³-hybridized carbons (Fsp3) is 0.455. The highest BCUT2D eigenvalue weighted by Crippen LogP contribution is 2.24. The molecule has 2 aromatic rings. The van der Waals surface area contributed by atoms with E-state index in [-0.39, 0.29) is 24.7 Å². The van der Waals surface area contributed by atoms with Crippen LogP contribution in [0.3, 0.4) is 0 Å². The van der Waals surface area contributed by atoms with Crippen LogP contribution < -0.4 is 10.2 Å². The molecular weight excluding hydrogens is 370 g/mol. The lowest BCUT2D eigenvalue weighted by Gasteiger charge is -2.27. The molecule has 2 amide bonds. The molecule has 1 aromatic carbocycles. The van der Waals surface area contributed by atoms with Crippen LogP contribution in [0.1, 0.15) is 44.1 Å². The second-order valence-electron chi connectivity index (χ2n) is 7.41. The summed E-state index contributed by atoms with van der Waals surface area (Å²) in [7, 11) is 0. The summed E-state index contributed by atoms with van der Waals surface area (Å²) < 4.78 is 0. The number of carbonyl (C=O) groups excluding carboxylic acids is 2. The maximum atomic E-state index is 12.4. The van der Waals surface area contributed by atoms with Crippen molar-refractivity contribution in [2.75, 3.05) is 23.3 Å². The number of amides is 2. The highest BCUT2D eigenvalue weighted by Gasteiger charge is 2.21. The van der Waals surface area contributed by atoms with Gasteiger partial charge in [0.2, 0.25) is 11.8 Å². The molecule has 28 heavy (non-hydrogen) atoms. The number of fused-ring (bicyclic) bond motifs is 1. The minimum absolute atomic E-state index is 0.0536. The highest BCUT2D eigenvalue weighted by molar-refractivity contribution is 7.10. The third-order valence-electron chi connectivity index (χ3n) is 5.17. The number of nitrogens with zero attached hydrogens (tertiary/aromatic N) is 2. The molecule has 5 nitrogen and oxygen atoms in total. The number of carbonyl (C=O) groups is 2. The van der Waals surface area contributed by atoms with Gasteiger partial charge in [-0.25, -0.2) is 0 Å². The average molecular weight is 400 g/mol. The average Bonchev–Trinajstić information content (AvgIpc) is 3.15. The van der Waals surface area contributed by atoms with Crippen LogP contribution in [0.5, 0.6) is 0 Å². The molecule has 0 saturated carbocycles. The van der Waals surface area contributed by atoms with Gasteiger partial charge in [-0.3, -0.25) is 9.59 Å². The quantitative estimate of drug-likeness (QED) is 0.756. The van der Waals surface area contributed by atoms with Crippen LogP contribution in [0.4, 0.5) is 11.4 Å². The lowest BCUT2D eigenvalue weighted by atomic mass is 10.1. The first-order valence-corrected chi connectivity index (χ1v) is 10.9. The Morgan fingerprint density at radius 3 is 2.61 bits per heavy atom. The normalized spacial score (nSPS) is 13.4. The smallest absolute Gasteiger partial charge is 0.224 e. The van der Waals surface area contributed by atoms with Crippen LogP contribution in [-0.4, -0.2) is 35.8 Å². The van der Waals surface area contributed by atoms with E-state index < -0.39 is 0 Å². The summed E-state index contributed by atoms with van der Waals surface area (Å²) in [6, 6.07) is 10.4. The minimum Gasteiger partial charge on any atom is -0.369 e. The van der Waals surface area contributed by atoms with Crippen molar-refractivity contribution in [3.8, 4) is 0 Å². The van der Waals surface area contributed by atoms with Crippen LogP contribution in [-0.2, 0) is 22.6 Å². The SMILES string of the molecule is CCN(c1ccc(NC(=O)CCC(=O)N2CCc3sccc3C2)cc1)C(C)C. The molecule has 0 saturated heterocycles. The van der Waals surface area contributed by atoms with Crippen molar-refractivity contribution in [3.63, 3.8) is 0 Å². The van der Waals surface area contributed by atoms with Gasteiger partial charge in [0, 0.05) is 54.8 Å². The lowest BCUT2D eigenvalue weighted by Crippen LogP contribution is -2.35. The number of hydrogen-bond acceptors (Lipinski definition) is 4. The van der Waals surface area contributed by atoms with Gasteiger partial charge >= 0.3 is 0 Å². The molecule has 1 aromatic heterocycles. The Morgan fingerprint density at radius 1 is 1.18 bits per heavy atom. The van der Waals surface area contributed by atoms with Crippen LogP contribution in [0.25, 0.3) is 0 Å². The Hall–Kier alpha value is -2.34. The third-order valence-corrected chi connectivity index (χ3v) is 6.20. The van der Waals surface area contributed by atoms with E-state index in [9.17, 15) is 9.59 Å². The van der Waals surface area contributed by atoms with E-state index in [2.05, 4.69) is 42.4 Å². The number of rotatable bonds is 7. The highest BCUT2D eigenvalue weighted by atomic mass is 32.1. The molecule has 0 radical (unpaired) electrons. The van der Waals surface area contributed by atoms with Crippen molar-refractivity contribution in [3.05, 3.63) is 46.2 Å². The van der Waals surface area contributed by atoms with E-state index in [1.54, 1.807) is 11.3 Å². The lowest BCUT2D eigenvalue weighted by molar-refractivity contribution is -0.133. The first kappa shape index (κ1) is 20.4. The molecule has 1 N–H and O–H groups in total. The number of nitrogens with one attached hydrogen (secondary N) is 1. The fourth-order valence-electron chi connectivity index (χ4n) is 3.65. The third kappa shape index (κ3) is 4.93. The maximum Gasteiger partial charge on any atom is 0.224 e. The molecule has 1 aliphatic rings. The van der Waals surface area contributed by atoms with Gasteiger partial charge in [0.05, 0.1) is 0 Å². The van der Waals surface area contributed by atoms with Gasteiger partial charge in [-0.15, -0.1) is 11.3 Å². The standard InChI is InChI=1S/C22H29N3O2S/c1-4-25(16(2)3)19-7-5-18(6-8-19)23-21(26)9-10-22(27)24-13-11-20-17(15-24)12-14-28-20/h5-8,12,14,16H,4,9-11,13,15H2,1-3H3,(H,23,26). The number of thiophene rings is 1. The Labute approximate surface area is 171 Å². The molecule has 0 spiro atoms. The summed E-state index contributed by atoms with van der Waals surface area (Å²) in [5.74, 6) is -0.0663. The molecule has 2 heterocycles. The molecule has 6 heteroatoms. The van der Waals surface area contributed by atoms with Gasteiger partial charge in [-0.1, -0.05) is 0 Å². The van der Waals surface area contributed by atoms with E-state index in [4.69, 9.17) is 0 Å². The second kappa shape index (κ2) is 9.24. The Kier molecular flexibility index (Phi) is 6.73. The van der Waals surface area contributed by atoms with E-state index in [0.717, 1.165) is 30.9 Å². The summed E-state index contributed by atoms with van der Waals surface area (Å²) in [4.78, 5) is 30.2. The van der Waals surface area contributed by atoms with Crippen LogP contribution in [0.15, 0.2) is 35.7 Å². The van der Waals surface area contributed by atoms with Crippen molar-refractivity contribution in [1.82, 2.24) is 4.90 Å². The van der Waals surface area contributed by atoms with Gasteiger partial charge in [0.25, 0.3) is 0 Å². The van der Waals surface area contributed by atoms with Crippen molar-refractivity contribution in [2.24, 2.45) is 0 Å². The maximum absolute atomic E-state index is 12.4. The molecule has 0 aliphatic carbocycles. The molecule has 0 atom stereocenters. The molecule has 150 valence electrons. The fourth-order valence-corrected chi connectivity index (χ4v) is 4.54. The predicted molar refractivity (Wildman–Crippen MR) is 116 cm³/mol. The molecular formula is C22H29N3O2S. The Bertz CT molecular complexity index is 813. The molecule has 3 rings (SSSR count). The zero-order valence-corrected chi connectivity index (χ0v) is 17.7. The summed E-state index contributed by atoms with van der Waals surface area (Å²) >= 11 is 1.76. The van der Waals surface area contributed by atoms with Gasteiger partial charge in [-0.2, -0.15) is 0 Å². The summed E-state index contributed by atoms with van der Waals surface area (Å²) in [6.45, 7) is 8.82. The van der Waals surface area contributed by atoms with Gasteiger partial charge in [0.15, 0.2) is 0 Å². The van der Waals surface area contributed by atoms with Crippen molar-refractivity contribution >= 4 is 34.5 Å². The van der Waals surface area contributed by atoms with Gasteiger partial charge < -0.3 is 15.1 Å². The zero-order valence-electron chi connectivity index (χ0n) is 16.9. The van der Waals surface area contributed by atoms with Gasteiger partial charge in [-0.05, 0) is 68.5 Å². The van der Waals surface area contributed by atoms with Crippen molar-refractivity contribution in [2.45, 2.75) is 52.6 Å². The van der Waals surface area contributed by atoms with Crippen molar-refractivity contribution < 1.29 is 9.59 Å². The van der Waals surface area contributed by atoms with Crippen LogP contribution >= 0.6 is 11.3 Å². The molecule has 1 aliphatic heterocycles. The van der Waals surface area contributed by atoms with E-state index in [1.165, 1.54) is 10.4 Å². The van der Waals surface area contributed by atoms with E-state index in [0.29, 0.717) is 12.6 Å². The number of anilines is 2. The molecule has 0 bridgehead atoms. The summed E-state index contributed by atoms with van der Waals surface area (Å²) in [6.07, 6.45) is 1.38. The molecule has 0 unspecified atom stereocenters. The monoisotopic (exact) mass is 399 g/mol. The number of benzene rings is 1. The van der Waals surface area contributed by atoms with E-state index >= 15 is 0 Å². The first-order valence-electron chi connectivity index (χ1n) is 9.97. The van der Waals surface area contributed by atoms with E-state index in [1.807, 2.05) is 29.2 Å². The topological polar surface area (TPSA) is 52.7 Å². The minimum atomic E-state index is -0.120.